The van der Waals surface area contributed by atoms with Crippen LogP contribution in [0, 0.1) is 5.92 Å². The van der Waals surface area contributed by atoms with Crippen LogP contribution in [-0.2, 0) is 9.59 Å². The molecule has 1 saturated heterocycles. The number of hydrogen-bond donors (Lipinski definition) is 3. The summed E-state index contributed by atoms with van der Waals surface area (Å²) in [4.78, 5) is 39.7. The summed E-state index contributed by atoms with van der Waals surface area (Å²) in [5, 5.41) is 15.2. The lowest BCUT2D eigenvalue weighted by molar-refractivity contribution is -0.122. The number of carboxylic acid groups (broad SMARTS) is 1. The third-order valence-electron chi connectivity index (χ3n) is 4.99. The predicted octanol–water partition coefficient (Wildman–Crippen LogP) is 1.38. The van der Waals surface area contributed by atoms with Crippen molar-refractivity contribution in [2.75, 3.05) is 42.9 Å². The largest absolute Gasteiger partial charge is 0.478 e. The van der Waals surface area contributed by atoms with E-state index in [9.17, 15) is 19.5 Å². The number of anilines is 2. The molecular weight excluding hydrogens is 360 g/mol. The van der Waals surface area contributed by atoms with E-state index in [0.717, 1.165) is 31.6 Å². The molecule has 1 aliphatic carbocycles. The van der Waals surface area contributed by atoms with Crippen LogP contribution >= 0.6 is 0 Å². The number of amides is 2. The number of aromatic carboxylic acids is 1. The summed E-state index contributed by atoms with van der Waals surface area (Å²) in [5.41, 5.74) is 1.26. The quantitative estimate of drug-likeness (QED) is 0.652. The SMILES string of the molecule is CC(C)NC(=O)CN1CCN(c2ccc(NC(=O)C3CC3)c(C(=O)O)c2)CC1. The van der Waals surface area contributed by atoms with Crippen molar-refractivity contribution in [3.8, 4) is 0 Å². The van der Waals surface area contributed by atoms with E-state index in [1.54, 1.807) is 12.1 Å². The molecule has 0 unspecified atom stereocenters. The topological polar surface area (TPSA) is 102 Å². The Hall–Kier alpha value is -2.61. The molecule has 1 aromatic rings. The second-order valence-corrected chi connectivity index (χ2v) is 7.78. The molecule has 8 nitrogen and oxygen atoms in total. The Morgan fingerprint density at radius 3 is 2.39 bits per heavy atom. The molecule has 0 radical (unpaired) electrons. The van der Waals surface area contributed by atoms with E-state index in [2.05, 4.69) is 20.4 Å². The highest BCUT2D eigenvalue weighted by molar-refractivity contribution is 6.02. The summed E-state index contributed by atoms with van der Waals surface area (Å²) in [7, 11) is 0. The molecule has 2 fully saturated rings. The van der Waals surface area contributed by atoms with Crippen LogP contribution in [0.4, 0.5) is 11.4 Å². The summed E-state index contributed by atoms with van der Waals surface area (Å²) in [6, 6.07) is 5.26. The number of hydrogen-bond acceptors (Lipinski definition) is 5. The lowest BCUT2D eigenvalue weighted by atomic mass is 10.1. The molecule has 28 heavy (non-hydrogen) atoms. The molecule has 3 N–H and O–H groups in total. The zero-order chi connectivity index (χ0) is 20.3. The zero-order valence-corrected chi connectivity index (χ0v) is 16.4. The van der Waals surface area contributed by atoms with Gasteiger partial charge in [-0.05, 0) is 44.9 Å². The first kappa shape index (κ1) is 20.1. The molecule has 1 heterocycles. The van der Waals surface area contributed by atoms with Gasteiger partial charge in [0.1, 0.15) is 0 Å². The van der Waals surface area contributed by atoms with Gasteiger partial charge in [0.2, 0.25) is 11.8 Å². The van der Waals surface area contributed by atoms with Gasteiger partial charge in [-0.25, -0.2) is 4.79 Å². The van der Waals surface area contributed by atoms with Gasteiger partial charge in [-0.15, -0.1) is 0 Å². The van der Waals surface area contributed by atoms with Gasteiger partial charge in [0.15, 0.2) is 0 Å². The summed E-state index contributed by atoms with van der Waals surface area (Å²) < 4.78 is 0. The van der Waals surface area contributed by atoms with Crippen molar-refractivity contribution in [3.05, 3.63) is 23.8 Å². The minimum absolute atomic E-state index is 0.0160. The van der Waals surface area contributed by atoms with Crippen LogP contribution in [0.3, 0.4) is 0 Å². The van der Waals surface area contributed by atoms with Crippen LogP contribution in [0.2, 0.25) is 0 Å². The van der Waals surface area contributed by atoms with Gasteiger partial charge >= 0.3 is 5.97 Å². The Kier molecular flexibility index (Phi) is 6.18. The molecule has 2 amide bonds. The van der Waals surface area contributed by atoms with Gasteiger partial charge in [-0.2, -0.15) is 0 Å². The highest BCUT2D eigenvalue weighted by Gasteiger charge is 2.30. The van der Waals surface area contributed by atoms with Crippen LogP contribution in [0.15, 0.2) is 18.2 Å². The summed E-state index contributed by atoms with van der Waals surface area (Å²) >= 11 is 0. The van der Waals surface area contributed by atoms with Gasteiger partial charge < -0.3 is 20.6 Å². The summed E-state index contributed by atoms with van der Waals surface area (Å²) in [6.45, 7) is 7.13. The molecule has 0 atom stereocenters. The normalized spacial score (nSPS) is 17.5. The maximum Gasteiger partial charge on any atom is 0.337 e. The summed E-state index contributed by atoms with van der Waals surface area (Å²) in [5.74, 6) is -1.13. The Morgan fingerprint density at radius 2 is 1.82 bits per heavy atom. The fourth-order valence-corrected chi connectivity index (χ4v) is 3.33. The molecule has 8 heteroatoms. The Balaban J connectivity index is 1.61. The first-order chi connectivity index (χ1) is 13.3. The molecule has 1 aliphatic heterocycles. The van der Waals surface area contributed by atoms with Crippen LogP contribution in [0.25, 0.3) is 0 Å². The fraction of sp³-hybridized carbons (Fsp3) is 0.550. The van der Waals surface area contributed by atoms with Crippen molar-refractivity contribution >= 4 is 29.2 Å². The highest BCUT2D eigenvalue weighted by atomic mass is 16.4. The predicted molar refractivity (Wildman–Crippen MR) is 107 cm³/mol. The average Bonchev–Trinajstić information content (AvgIpc) is 3.47. The van der Waals surface area contributed by atoms with Crippen LogP contribution < -0.4 is 15.5 Å². The number of rotatable bonds is 7. The highest BCUT2D eigenvalue weighted by Crippen LogP contribution is 2.31. The number of carbonyl (C=O) groups is 3. The van der Waals surface area contributed by atoms with Crippen molar-refractivity contribution < 1.29 is 19.5 Å². The van der Waals surface area contributed by atoms with Gasteiger partial charge in [0.05, 0.1) is 17.8 Å². The fourth-order valence-electron chi connectivity index (χ4n) is 3.33. The smallest absolute Gasteiger partial charge is 0.337 e. The van der Waals surface area contributed by atoms with Crippen molar-refractivity contribution in [3.63, 3.8) is 0 Å². The molecule has 0 aromatic heterocycles. The maximum atomic E-state index is 12.0. The number of benzene rings is 1. The van der Waals surface area contributed by atoms with E-state index in [1.165, 1.54) is 0 Å². The standard InChI is InChI=1S/C20H28N4O4/c1-13(2)21-18(25)12-23-7-9-24(10-8-23)15-5-6-17(16(11-15)20(27)28)22-19(26)14-3-4-14/h5-6,11,13-14H,3-4,7-10,12H2,1-2H3,(H,21,25)(H,22,26)(H,27,28). The number of carbonyl (C=O) groups excluding carboxylic acids is 2. The number of piperazine rings is 1. The molecule has 2 aliphatic rings. The van der Waals surface area contributed by atoms with E-state index in [1.807, 2.05) is 19.9 Å². The Labute approximate surface area is 164 Å². The molecule has 3 rings (SSSR count). The lowest BCUT2D eigenvalue weighted by Crippen LogP contribution is -2.50. The van der Waals surface area contributed by atoms with Crippen molar-refractivity contribution in [2.45, 2.75) is 32.7 Å². The Morgan fingerprint density at radius 1 is 1.14 bits per heavy atom. The zero-order valence-electron chi connectivity index (χ0n) is 16.4. The molecular formula is C20H28N4O4. The van der Waals surface area contributed by atoms with Gasteiger partial charge in [-0.3, -0.25) is 14.5 Å². The number of nitrogens with one attached hydrogen (secondary N) is 2. The molecule has 0 bridgehead atoms. The monoisotopic (exact) mass is 388 g/mol. The third-order valence-corrected chi connectivity index (χ3v) is 4.99. The van der Waals surface area contributed by atoms with Gasteiger partial charge in [-0.1, -0.05) is 0 Å². The first-order valence-electron chi connectivity index (χ1n) is 9.78. The van der Waals surface area contributed by atoms with Crippen molar-refractivity contribution in [2.24, 2.45) is 5.92 Å². The molecule has 152 valence electrons. The minimum Gasteiger partial charge on any atom is -0.478 e. The van der Waals surface area contributed by atoms with E-state index < -0.39 is 5.97 Å². The second kappa shape index (κ2) is 8.60. The molecule has 1 aromatic carbocycles. The van der Waals surface area contributed by atoms with E-state index >= 15 is 0 Å². The van der Waals surface area contributed by atoms with Crippen molar-refractivity contribution in [1.82, 2.24) is 10.2 Å². The maximum absolute atomic E-state index is 12.0. The van der Waals surface area contributed by atoms with E-state index in [4.69, 9.17) is 0 Å². The number of nitrogens with zero attached hydrogens (tertiary/aromatic N) is 2. The lowest BCUT2D eigenvalue weighted by Gasteiger charge is -2.36. The Bertz CT molecular complexity index is 753. The number of carboxylic acids is 1. The van der Waals surface area contributed by atoms with Crippen LogP contribution in [-0.4, -0.2) is 66.6 Å². The van der Waals surface area contributed by atoms with Crippen LogP contribution in [0.5, 0.6) is 0 Å². The first-order valence-corrected chi connectivity index (χ1v) is 9.78. The van der Waals surface area contributed by atoms with Crippen LogP contribution in [0.1, 0.15) is 37.0 Å². The second-order valence-electron chi connectivity index (χ2n) is 7.78. The minimum atomic E-state index is -1.06. The van der Waals surface area contributed by atoms with E-state index in [0.29, 0.717) is 25.3 Å². The van der Waals surface area contributed by atoms with Gasteiger partial charge in [0.25, 0.3) is 0 Å². The van der Waals surface area contributed by atoms with Gasteiger partial charge in [0, 0.05) is 43.8 Å². The van der Waals surface area contributed by atoms with Crippen molar-refractivity contribution in [1.29, 1.82) is 0 Å². The average molecular weight is 388 g/mol. The molecule has 0 spiro atoms. The third kappa shape index (κ3) is 5.22. The molecule has 1 saturated carbocycles. The summed E-state index contributed by atoms with van der Waals surface area (Å²) in [6.07, 6.45) is 1.73. The van der Waals surface area contributed by atoms with E-state index in [-0.39, 0.29) is 29.3 Å².